The van der Waals surface area contributed by atoms with Crippen LogP contribution in [0.3, 0.4) is 0 Å². The van der Waals surface area contributed by atoms with Crippen LogP contribution in [0, 0.1) is 5.41 Å². The standard InChI is InChI=1S/C42H54N5O11PS/c1-57-32-19-17-29(18-20-32)24-37(46-38(48)35(47-60(2,55)56)16-8-11-23-43-41(52)58-27-30-12-4-3-5-13-30)59(53,54)28-42(21-9-10-22-42)40(51)45-36(39(49)50)25-31-26-44-34-15-7-6-14-33(31)34/h3-7,12-15,17-20,26,35-37,44,47H,8-11,16,21-25,27-28H2,1-2H3,(H,43,52)(H,45,51)(H,46,48)(H,49,50)(H,53,54)/t35?,36-,37?/m0/s1. The van der Waals surface area contributed by atoms with Crippen LogP contribution in [0.15, 0.2) is 85.1 Å². The van der Waals surface area contributed by atoms with Gasteiger partial charge in [0, 0.05) is 42.6 Å². The molecule has 1 saturated carbocycles. The largest absolute Gasteiger partial charge is 0.497 e. The summed E-state index contributed by atoms with van der Waals surface area (Å²) in [5, 5.41) is 19.0. The molecule has 324 valence electrons. The molecule has 16 nitrogen and oxygen atoms in total. The number of carboxylic acid groups (broad SMARTS) is 1. The highest BCUT2D eigenvalue weighted by atomic mass is 32.2. The molecule has 4 atom stereocenters. The van der Waals surface area contributed by atoms with E-state index in [4.69, 9.17) is 9.47 Å². The van der Waals surface area contributed by atoms with E-state index in [0.717, 1.165) is 22.7 Å². The van der Waals surface area contributed by atoms with E-state index >= 15 is 0 Å². The number of nitrogens with one attached hydrogen (secondary N) is 5. The summed E-state index contributed by atoms with van der Waals surface area (Å²) in [6.07, 6.45) is 3.41. The summed E-state index contributed by atoms with van der Waals surface area (Å²) in [4.78, 5) is 67.9. The third-order valence-corrected chi connectivity index (χ3v) is 13.8. The lowest BCUT2D eigenvalue weighted by Gasteiger charge is -2.34. The van der Waals surface area contributed by atoms with E-state index in [1.165, 1.54) is 7.11 Å². The number of aromatic amines is 1. The molecule has 7 N–H and O–H groups in total. The van der Waals surface area contributed by atoms with Crippen molar-refractivity contribution in [3.05, 3.63) is 102 Å². The Morgan fingerprint density at radius 1 is 0.883 bits per heavy atom. The SMILES string of the molecule is COc1ccc(CC(NC(=O)C(CCCCNC(=O)OCc2ccccc2)NS(C)(=O)=O)P(=O)(O)CC2(C(=O)N[C@@H](Cc3c[nH]c4ccccc34)C(=O)O)CCCC2)cc1. The van der Waals surface area contributed by atoms with Gasteiger partial charge in [-0.25, -0.2) is 22.7 Å². The van der Waals surface area contributed by atoms with E-state index in [2.05, 4.69) is 25.7 Å². The van der Waals surface area contributed by atoms with Crippen molar-refractivity contribution in [2.45, 2.75) is 82.3 Å². The lowest BCUT2D eigenvalue weighted by atomic mass is 9.87. The highest BCUT2D eigenvalue weighted by Crippen LogP contribution is 2.55. The molecule has 1 aromatic heterocycles. The number of hydrogen-bond acceptors (Lipinski definition) is 9. The van der Waals surface area contributed by atoms with Crippen molar-refractivity contribution in [1.29, 1.82) is 0 Å². The van der Waals surface area contributed by atoms with Crippen LogP contribution in [-0.4, -0.2) is 91.2 Å². The molecule has 3 aromatic carbocycles. The highest BCUT2D eigenvalue weighted by molar-refractivity contribution is 7.88. The van der Waals surface area contributed by atoms with Crippen molar-refractivity contribution in [3.63, 3.8) is 0 Å². The van der Waals surface area contributed by atoms with Gasteiger partial charge in [-0.05, 0) is 67.0 Å². The summed E-state index contributed by atoms with van der Waals surface area (Å²) in [7, 11) is -6.99. The predicted octanol–water partition coefficient (Wildman–Crippen LogP) is 4.82. The maximum Gasteiger partial charge on any atom is 0.407 e. The molecule has 60 heavy (non-hydrogen) atoms. The molecule has 0 radical (unpaired) electrons. The number of rotatable bonds is 22. The number of carbonyl (C=O) groups is 4. The zero-order chi connectivity index (χ0) is 43.3. The number of alkyl carbamates (subject to hydrolysis) is 1. The molecule has 1 aliphatic carbocycles. The monoisotopic (exact) mass is 867 g/mol. The van der Waals surface area contributed by atoms with E-state index in [1.54, 1.807) is 30.5 Å². The number of carboxylic acids is 1. The number of methoxy groups -OCH3 is 1. The van der Waals surface area contributed by atoms with Crippen LogP contribution in [0.1, 0.15) is 61.6 Å². The fourth-order valence-corrected chi connectivity index (χ4v) is 10.7. The number of carbonyl (C=O) groups excluding carboxylic acids is 3. The first kappa shape index (κ1) is 45.9. The predicted molar refractivity (Wildman–Crippen MR) is 226 cm³/mol. The Labute approximate surface area is 349 Å². The van der Waals surface area contributed by atoms with E-state index in [1.807, 2.05) is 54.6 Å². The van der Waals surface area contributed by atoms with Crippen LogP contribution in [0.25, 0.3) is 10.9 Å². The maximum absolute atomic E-state index is 14.7. The van der Waals surface area contributed by atoms with Gasteiger partial charge in [-0.1, -0.05) is 73.5 Å². The minimum absolute atomic E-state index is 0.00994. The Balaban J connectivity index is 1.30. The first-order valence-electron chi connectivity index (χ1n) is 19.8. The van der Waals surface area contributed by atoms with Crippen LogP contribution >= 0.6 is 7.37 Å². The van der Waals surface area contributed by atoms with Crippen molar-refractivity contribution in [3.8, 4) is 5.75 Å². The van der Waals surface area contributed by atoms with Gasteiger partial charge in [0.05, 0.1) is 18.8 Å². The molecule has 1 heterocycles. The quantitative estimate of drug-likeness (QED) is 0.0417. The van der Waals surface area contributed by atoms with E-state index < -0.39 is 70.7 Å². The molecule has 4 aromatic rings. The molecular formula is C42H54N5O11PS. The molecule has 18 heteroatoms. The number of sulfonamides is 1. The lowest BCUT2D eigenvalue weighted by Crippen LogP contribution is -2.52. The van der Waals surface area contributed by atoms with E-state index in [0.29, 0.717) is 36.1 Å². The number of ether oxygens (including phenoxy) is 2. The van der Waals surface area contributed by atoms with Crippen molar-refractivity contribution >= 4 is 52.2 Å². The fraction of sp³-hybridized carbons (Fsp3) is 0.429. The van der Waals surface area contributed by atoms with Gasteiger partial charge in [-0.15, -0.1) is 0 Å². The van der Waals surface area contributed by atoms with Crippen LogP contribution in [0.4, 0.5) is 4.79 Å². The van der Waals surface area contributed by atoms with Gasteiger partial charge in [0.25, 0.3) is 0 Å². The minimum atomic E-state index is -4.55. The van der Waals surface area contributed by atoms with Crippen LogP contribution in [-0.2, 0) is 53.2 Å². The van der Waals surface area contributed by atoms with Crippen LogP contribution in [0.5, 0.6) is 5.75 Å². The fourth-order valence-electron chi connectivity index (χ4n) is 7.57. The second kappa shape index (κ2) is 20.8. The molecule has 0 bridgehead atoms. The number of aliphatic carboxylic acids is 1. The average molecular weight is 868 g/mol. The van der Waals surface area contributed by atoms with Gasteiger partial charge in [-0.3, -0.25) is 14.2 Å². The molecular weight excluding hydrogens is 814 g/mol. The summed E-state index contributed by atoms with van der Waals surface area (Å²) < 4.78 is 52.4. The van der Waals surface area contributed by atoms with Crippen molar-refractivity contribution < 1.29 is 51.6 Å². The van der Waals surface area contributed by atoms with Gasteiger partial charge in [0.15, 0.2) is 0 Å². The van der Waals surface area contributed by atoms with E-state index in [-0.39, 0.29) is 51.7 Å². The lowest BCUT2D eigenvalue weighted by molar-refractivity contribution is -0.143. The van der Waals surface area contributed by atoms with Gasteiger partial charge in [0.2, 0.25) is 29.2 Å². The number of unbranched alkanes of at least 4 members (excludes halogenated alkanes) is 1. The Morgan fingerprint density at radius 3 is 2.23 bits per heavy atom. The highest BCUT2D eigenvalue weighted by Gasteiger charge is 2.49. The molecule has 3 amide bonds. The zero-order valence-corrected chi connectivity index (χ0v) is 35.4. The zero-order valence-electron chi connectivity index (χ0n) is 33.7. The van der Waals surface area contributed by atoms with Gasteiger partial charge in [0.1, 0.15) is 30.2 Å². The molecule has 1 fully saturated rings. The van der Waals surface area contributed by atoms with Gasteiger partial charge in [-0.2, -0.15) is 0 Å². The molecule has 1 aliphatic rings. The first-order valence-corrected chi connectivity index (χ1v) is 23.6. The normalized spacial score (nSPS) is 16.2. The number of aromatic nitrogens is 1. The Hall–Kier alpha value is -5.22. The third-order valence-electron chi connectivity index (χ3n) is 10.7. The smallest absolute Gasteiger partial charge is 0.407 e. The summed E-state index contributed by atoms with van der Waals surface area (Å²) in [6, 6.07) is 20.5. The molecule has 3 unspecified atom stereocenters. The number of benzene rings is 3. The average Bonchev–Trinajstić information content (AvgIpc) is 3.86. The molecule has 0 spiro atoms. The van der Waals surface area contributed by atoms with Crippen molar-refractivity contribution in [2.75, 3.05) is 26.1 Å². The summed E-state index contributed by atoms with van der Waals surface area (Å²) in [6.45, 7) is 0.265. The van der Waals surface area contributed by atoms with Crippen LogP contribution in [0.2, 0.25) is 0 Å². The summed E-state index contributed by atoms with van der Waals surface area (Å²) in [5.74, 6) is -3.70. The number of amides is 3. The Bertz CT molecular complexity index is 2250. The number of fused-ring (bicyclic) bond motifs is 1. The van der Waals surface area contributed by atoms with Crippen LogP contribution < -0.4 is 25.4 Å². The number of para-hydroxylation sites is 1. The Kier molecular flexibility index (Phi) is 15.9. The molecule has 0 saturated heterocycles. The minimum Gasteiger partial charge on any atom is -0.497 e. The topological polar surface area (TPSA) is 242 Å². The third kappa shape index (κ3) is 13.1. The van der Waals surface area contributed by atoms with Gasteiger partial charge < -0.3 is 40.4 Å². The van der Waals surface area contributed by atoms with E-state index in [9.17, 15) is 42.2 Å². The second-order valence-electron chi connectivity index (χ2n) is 15.3. The van der Waals surface area contributed by atoms with Crippen molar-refractivity contribution in [2.24, 2.45) is 5.41 Å². The summed E-state index contributed by atoms with van der Waals surface area (Å²) >= 11 is 0. The first-order chi connectivity index (χ1) is 28.6. The van der Waals surface area contributed by atoms with Gasteiger partial charge >= 0.3 is 12.1 Å². The number of hydrogen-bond donors (Lipinski definition) is 7. The maximum atomic E-state index is 14.7. The Morgan fingerprint density at radius 2 is 1.57 bits per heavy atom. The second-order valence-corrected chi connectivity index (χ2v) is 19.6. The molecule has 0 aliphatic heterocycles. The number of H-pyrrole nitrogens is 1. The van der Waals surface area contributed by atoms with Crippen molar-refractivity contribution in [1.82, 2.24) is 25.7 Å². The summed E-state index contributed by atoms with van der Waals surface area (Å²) in [5.41, 5.74) is 1.45. The molecule has 5 rings (SSSR count).